The number of hydrogen-bond acceptors (Lipinski definition) is 2. The van der Waals surface area contributed by atoms with E-state index in [9.17, 15) is 4.79 Å². The molecule has 4 aromatic rings. The summed E-state index contributed by atoms with van der Waals surface area (Å²) in [5.74, 6) is 0.198. The SMILES string of the molecule is CC(=Cc1cccc2c1[nH]c1ccccc12)C(=O)Oc1ccccc1. The van der Waals surface area contributed by atoms with Crippen molar-refractivity contribution in [1.29, 1.82) is 0 Å². The number of H-pyrrole nitrogens is 1. The second-order valence-electron chi connectivity index (χ2n) is 5.97. The summed E-state index contributed by atoms with van der Waals surface area (Å²) in [4.78, 5) is 15.8. The zero-order chi connectivity index (χ0) is 17.2. The van der Waals surface area contributed by atoms with Crippen molar-refractivity contribution < 1.29 is 9.53 Å². The van der Waals surface area contributed by atoms with E-state index in [1.54, 1.807) is 19.1 Å². The Kier molecular flexibility index (Phi) is 3.82. The van der Waals surface area contributed by atoms with Gasteiger partial charge in [0.1, 0.15) is 5.75 Å². The van der Waals surface area contributed by atoms with E-state index in [2.05, 4.69) is 23.2 Å². The number of para-hydroxylation sites is 3. The van der Waals surface area contributed by atoms with Crippen LogP contribution in [0.2, 0.25) is 0 Å². The zero-order valence-electron chi connectivity index (χ0n) is 13.8. The van der Waals surface area contributed by atoms with Gasteiger partial charge in [0.2, 0.25) is 0 Å². The Labute approximate surface area is 145 Å². The maximum absolute atomic E-state index is 12.3. The fourth-order valence-electron chi connectivity index (χ4n) is 2.98. The highest BCUT2D eigenvalue weighted by Gasteiger charge is 2.10. The molecule has 3 nitrogen and oxygen atoms in total. The van der Waals surface area contributed by atoms with Crippen LogP contribution in [0.4, 0.5) is 0 Å². The maximum atomic E-state index is 12.3. The summed E-state index contributed by atoms with van der Waals surface area (Å²) in [6.07, 6.45) is 1.86. The molecule has 122 valence electrons. The molecule has 0 unspecified atom stereocenters. The van der Waals surface area contributed by atoms with Crippen molar-refractivity contribution >= 4 is 33.9 Å². The monoisotopic (exact) mass is 327 g/mol. The van der Waals surface area contributed by atoms with Crippen LogP contribution in [0.3, 0.4) is 0 Å². The normalized spacial score (nSPS) is 11.8. The first-order valence-corrected chi connectivity index (χ1v) is 8.17. The van der Waals surface area contributed by atoms with E-state index in [-0.39, 0.29) is 5.97 Å². The number of carbonyl (C=O) groups is 1. The van der Waals surface area contributed by atoms with Crippen molar-refractivity contribution in [2.75, 3.05) is 0 Å². The zero-order valence-corrected chi connectivity index (χ0v) is 13.8. The van der Waals surface area contributed by atoms with Crippen LogP contribution < -0.4 is 4.74 Å². The summed E-state index contributed by atoms with van der Waals surface area (Å²) in [6, 6.07) is 23.4. The van der Waals surface area contributed by atoms with E-state index in [1.807, 2.05) is 48.5 Å². The van der Waals surface area contributed by atoms with Crippen molar-refractivity contribution in [1.82, 2.24) is 4.98 Å². The van der Waals surface area contributed by atoms with Crippen LogP contribution >= 0.6 is 0 Å². The van der Waals surface area contributed by atoms with Gasteiger partial charge in [0, 0.05) is 21.9 Å². The van der Waals surface area contributed by atoms with Crippen LogP contribution in [0.15, 0.2) is 78.4 Å². The Bertz CT molecular complexity index is 1090. The van der Waals surface area contributed by atoms with Gasteiger partial charge in [-0.15, -0.1) is 0 Å². The molecule has 1 N–H and O–H groups in total. The fraction of sp³-hybridized carbons (Fsp3) is 0.0455. The standard InChI is InChI=1S/C22H17NO2/c1-15(22(24)25-17-9-3-2-4-10-17)14-16-8-7-12-19-18-11-5-6-13-20(18)23-21(16)19/h2-14,23H,1H3. The predicted molar refractivity (Wildman–Crippen MR) is 102 cm³/mol. The second kappa shape index (κ2) is 6.29. The molecule has 0 spiro atoms. The van der Waals surface area contributed by atoms with Gasteiger partial charge in [-0.1, -0.05) is 54.6 Å². The lowest BCUT2D eigenvalue weighted by molar-refractivity contribution is -0.130. The summed E-state index contributed by atoms with van der Waals surface area (Å²) in [5, 5.41) is 2.32. The molecule has 0 fully saturated rings. The third-order valence-electron chi connectivity index (χ3n) is 4.22. The lowest BCUT2D eigenvalue weighted by Gasteiger charge is -2.05. The molecule has 1 heterocycles. The molecule has 3 heteroatoms. The minimum absolute atomic E-state index is 0.348. The molecule has 0 saturated heterocycles. The minimum Gasteiger partial charge on any atom is -0.423 e. The molecule has 0 aliphatic heterocycles. The highest BCUT2D eigenvalue weighted by Crippen LogP contribution is 2.28. The molecular formula is C22H17NO2. The first-order chi connectivity index (χ1) is 12.2. The summed E-state index contributed by atoms with van der Waals surface area (Å²) < 4.78 is 5.40. The van der Waals surface area contributed by atoms with Crippen molar-refractivity contribution in [3.05, 3.63) is 83.9 Å². The van der Waals surface area contributed by atoms with Crippen molar-refractivity contribution in [2.45, 2.75) is 6.92 Å². The number of benzene rings is 3. The van der Waals surface area contributed by atoms with Crippen LogP contribution in [-0.4, -0.2) is 11.0 Å². The maximum Gasteiger partial charge on any atom is 0.339 e. The molecule has 0 aliphatic carbocycles. The number of aromatic nitrogens is 1. The third kappa shape index (κ3) is 2.92. The molecule has 0 bridgehead atoms. The van der Waals surface area contributed by atoms with Gasteiger partial charge >= 0.3 is 5.97 Å². The predicted octanol–water partition coefficient (Wildman–Crippen LogP) is 5.33. The molecule has 3 aromatic carbocycles. The Morgan fingerprint density at radius 1 is 0.880 bits per heavy atom. The van der Waals surface area contributed by atoms with Crippen LogP contribution in [0.25, 0.3) is 27.9 Å². The van der Waals surface area contributed by atoms with Gasteiger partial charge in [-0.05, 0) is 36.8 Å². The Hall–Kier alpha value is -3.33. The fourth-order valence-corrected chi connectivity index (χ4v) is 2.98. The molecule has 0 radical (unpaired) electrons. The van der Waals surface area contributed by atoms with E-state index < -0.39 is 0 Å². The highest BCUT2D eigenvalue weighted by atomic mass is 16.5. The van der Waals surface area contributed by atoms with Crippen LogP contribution in [0, 0.1) is 0 Å². The molecule has 4 rings (SSSR count). The Balaban J connectivity index is 1.71. The number of aromatic amines is 1. The summed E-state index contributed by atoms with van der Waals surface area (Å²) in [7, 11) is 0. The summed E-state index contributed by atoms with van der Waals surface area (Å²) in [5.41, 5.74) is 3.63. The average Bonchev–Trinajstić information content (AvgIpc) is 3.02. The average molecular weight is 327 g/mol. The number of esters is 1. The van der Waals surface area contributed by atoms with Gasteiger partial charge in [0.15, 0.2) is 0 Å². The molecule has 0 aliphatic rings. The van der Waals surface area contributed by atoms with Crippen LogP contribution in [0.1, 0.15) is 12.5 Å². The first kappa shape index (κ1) is 15.2. The molecule has 25 heavy (non-hydrogen) atoms. The van der Waals surface area contributed by atoms with Gasteiger partial charge in [0.25, 0.3) is 0 Å². The Morgan fingerprint density at radius 2 is 1.60 bits per heavy atom. The van der Waals surface area contributed by atoms with Crippen molar-refractivity contribution in [3.8, 4) is 5.75 Å². The van der Waals surface area contributed by atoms with Gasteiger partial charge in [0.05, 0.1) is 5.52 Å². The van der Waals surface area contributed by atoms with E-state index in [0.717, 1.165) is 22.0 Å². The smallest absolute Gasteiger partial charge is 0.339 e. The van der Waals surface area contributed by atoms with Gasteiger partial charge in [-0.25, -0.2) is 4.79 Å². The molecule has 0 amide bonds. The van der Waals surface area contributed by atoms with Crippen molar-refractivity contribution in [3.63, 3.8) is 0 Å². The topological polar surface area (TPSA) is 42.1 Å². The lowest BCUT2D eigenvalue weighted by Crippen LogP contribution is -2.08. The Morgan fingerprint density at radius 3 is 2.44 bits per heavy atom. The van der Waals surface area contributed by atoms with E-state index in [4.69, 9.17) is 4.74 Å². The second-order valence-corrected chi connectivity index (χ2v) is 5.97. The van der Waals surface area contributed by atoms with Crippen LogP contribution in [-0.2, 0) is 4.79 Å². The number of nitrogens with one attached hydrogen (secondary N) is 1. The highest BCUT2D eigenvalue weighted by molar-refractivity contribution is 6.10. The molecule has 0 saturated carbocycles. The van der Waals surface area contributed by atoms with E-state index >= 15 is 0 Å². The third-order valence-corrected chi connectivity index (χ3v) is 4.22. The number of carbonyl (C=O) groups excluding carboxylic acids is 1. The quantitative estimate of drug-likeness (QED) is 0.314. The van der Waals surface area contributed by atoms with E-state index in [1.165, 1.54) is 5.39 Å². The summed E-state index contributed by atoms with van der Waals surface area (Å²) in [6.45, 7) is 1.77. The largest absolute Gasteiger partial charge is 0.423 e. The number of rotatable bonds is 3. The van der Waals surface area contributed by atoms with Gasteiger partial charge < -0.3 is 9.72 Å². The van der Waals surface area contributed by atoms with E-state index in [0.29, 0.717) is 11.3 Å². The molecule has 0 atom stereocenters. The van der Waals surface area contributed by atoms with Crippen molar-refractivity contribution in [2.24, 2.45) is 0 Å². The molecule has 1 aromatic heterocycles. The number of ether oxygens (including phenoxy) is 1. The lowest BCUT2D eigenvalue weighted by atomic mass is 10.1. The summed E-state index contributed by atoms with van der Waals surface area (Å²) >= 11 is 0. The number of hydrogen-bond donors (Lipinski definition) is 1. The van der Waals surface area contributed by atoms with Crippen LogP contribution in [0.5, 0.6) is 5.75 Å². The molecular weight excluding hydrogens is 310 g/mol. The number of fused-ring (bicyclic) bond motifs is 3. The van der Waals surface area contributed by atoms with Gasteiger partial charge in [-0.3, -0.25) is 0 Å². The minimum atomic E-state index is -0.348. The first-order valence-electron chi connectivity index (χ1n) is 8.17. The van der Waals surface area contributed by atoms with Gasteiger partial charge in [-0.2, -0.15) is 0 Å².